The van der Waals surface area contributed by atoms with Gasteiger partial charge in [-0.3, -0.25) is 4.79 Å². The summed E-state index contributed by atoms with van der Waals surface area (Å²) in [4.78, 5) is 14.5. The van der Waals surface area contributed by atoms with E-state index in [1.807, 2.05) is 24.0 Å². The van der Waals surface area contributed by atoms with Gasteiger partial charge in [-0.05, 0) is 44.2 Å². The van der Waals surface area contributed by atoms with Crippen LogP contribution in [-0.4, -0.2) is 62.9 Å². The smallest absolute Gasteiger partial charge is 0.243 e. The van der Waals surface area contributed by atoms with E-state index in [2.05, 4.69) is 0 Å². The first-order valence-electron chi connectivity index (χ1n) is 9.39. The van der Waals surface area contributed by atoms with Gasteiger partial charge in [0.25, 0.3) is 0 Å². The molecule has 2 aliphatic heterocycles. The Morgan fingerprint density at radius 2 is 1.69 bits per heavy atom. The predicted molar refractivity (Wildman–Crippen MR) is 99.3 cm³/mol. The van der Waals surface area contributed by atoms with Gasteiger partial charge in [0.2, 0.25) is 15.9 Å². The summed E-state index contributed by atoms with van der Waals surface area (Å²) in [6.45, 7) is 5.64. The number of ether oxygens (including phenoxy) is 1. The summed E-state index contributed by atoms with van der Waals surface area (Å²) in [6, 6.07) is 7.02. The van der Waals surface area contributed by atoms with Gasteiger partial charge in [-0.15, -0.1) is 0 Å². The van der Waals surface area contributed by atoms with E-state index < -0.39 is 10.0 Å². The SMILES string of the molecule is Cc1ccc(S(=O)(=O)N2CCC(CCC(=O)N3CCOCC3)CC2)cc1. The molecule has 2 aliphatic rings. The Kier molecular flexibility index (Phi) is 6.32. The molecule has 0 aliphatic carbocycles. The second-order valence-corrected chi connectivity index (χ2v) is 9.13. The topological polar surface area (TPSA) is 66.9 Å². The molecule has 2 saturated heterocycles. The number of rotatable bonds is 5. The summed E-state index contributed by atoms with van der Waals surface area (Å²) in [5.41, 5.74) is 1.05. The van der Waals surface area contributed by atoms with Gasteiger partial charge in [0.05, 0.1) is 18.1 Å². The van der Waals surface area contributed by atoms with Crippen molar-refractivity contribution in [2.24, 2.45) is 5.92 Å². The highest BCUT2D eigenvalue weighted by Gasteiger charge is 2.29. The average molecular weight is 381 g/mol. The van der Waals surface area contributed by atoms with E-state index in [1.165, 1.54) is 0 Å². The number of sulfonamides is 1. The van der Waals surface area contributed by atoms with Crippen molar-refractivity contribution < 1.29 is 17.9 Å². The second-order valence-electron chi connectivity index (χ2n) is 7.19. The monoisotopic (exact) mass is 380 g/mol. The van der Waals surface area contributed by atoms with Crippen molar-refractivity contribution in [1.82, 2.24) is 9.21 Å². The van der Waals surface area contributed by atoms with Gasteiger partial charge >= 0.3 is 0 Å². The standard InChI is InChI=1S/C19H28N2O4S/c1-16-2-5-18(6-3-16)26(23,24)21-10-8-17(9-11-21)4-7-19(22)20-12-14-25-15-13-20/h2-3,5-6,17H,4,7-15H2,1H3. The van der Waals surface area contributed by atoms with Crippen molar-refractivity contribution in [3.8, 4) is 0 Å². The molecule has 0 aromatic heterocycles. The first-order chi connectivity index (χ1) is 12.5. The predicted octanol–water partition coefficient (Wildman–Crippen LogP) is 2.03. The summed E-state index contributed by atoms with van der Waals surface area (Å²) >= 11 is 0. The molecule has 1 aromatic rings. The van der Waals surface area contributed by atoms with Gasteiger partial charge in [0.15, 0.2) is 0 Å². The van der Waals surface area contributed by atoms with Crippen LogP contribution in [0.1, 0.15) is 31.2 Å². The van der Waals surface area contributed by atoms with Crippen molar-refractivity contribution in [3.05, 3.63) is 29.8 Å². The molecular formula is C19H28N2O4S. The average Bonchev–Trinajstić information content (AvgIpc) is 2.67. The van der Waals surface area contributed by atoms with Crippen LogP contribution in [0.3, 0.4) is 0 Å². The van der Waals surface area contributed by atoms with Crippen molar-refractivity contribution in [2.45, 2.75) is 37.5 Å². The second kappa shape index (κ2) is 8.50. The molecule has 7 heteroatoms. The van der Waals surface area contributed by atoms with Crippen LogP contribution in [0.4, 0.5) is 0 Å². The highest BCUT2D eigenvalue weighted by atomic mass is 32.2. The molecule has 2 heterocycles. The molecule has 0 N–H and O–H groups in total. The van der Waals surface area contributed by atoms with Crippen LogP contribution in [0.15, 0.2) is 29.2 Å². The first kappa shape index (κ1) is 19.3. The van der Waals surface area contributed by atoms with Crippen molar-refractivity contribution in [3.63, 3.8) is 0 Å². The fraction of sp³-hybridized carbons (Fsp3) is 0.632. The first-order valence-corrected chi connectivity index (χ1v) is 10.8. The number of hydrogen-bond donors (Lipinski definition) is 0. The maximum Gasteiger partial charge on any atom is 0.243 e. The molecule has 1 aromatic carbocycles. The minimum absolute atomic E-state index is 0.197. The molecule has 0 bridgehead atoms. The minimum Gasteiger partial charge on any atom is -0.378 e. The van der Waals surface area contributed by atoms with Gasteiger partial charge in [0, 0.05) is 32.6 Å². The van der Waals surface area contributed by atoms with Crippen LogP contribution in [-0.2, 0) is 19.6 Å². The van der Waals surface area contributed by atoms with E-state index in [4.69, 9.17) is 4.74 Å². The molecule has 2 fully saturated rings. The quantitative estimate of drug-likeness (QED) is 0.784. The van der Waals surface area contributed by atoms with Crippen LogP contribution in [0.2, 0.25) is 0 Å². The molecular weight excluding hydrogens is 352 g/mol. The van der Waals surface area contributed by atoms with Crippen LogP contribution in [0, 0.1) is 12.8 Å². The lowest BCUT2D eigenvalue weighted by Crippen LogP contribution is -2.41. The molecule has 0 atom stereocenters. The van der Waals surface area contributed by atoms with Gasteiger partial charge in [-0.25, -0.2) is 8.42 Å². The third-order valence-electron chi connectivity index (χ3n) is 5.36. The Morgan fingerprint density at radius 3 is 2.31 bits per heavy atom. The third-order valence-corrected chi connectivity index (χ3v) is 7.28. The number of aryl methyl sites for hydroxylation is 1. The van der Waals surface area contributed by atoms with E-state index >= 15 is 0 Å². The fourth-order valence-electron chi connectivity index (χ4n) is 3.60. The van der Waals surface area contributed by atoms with E-state index in [9.17, 15) is 13.2 Å². The Balaban J connectivity index is 1.47. The van der Waals surface area contributed by atoms with E-state index in [-0.39, 0.29) is 5.91 Å². The highest BCUT2D eigenvalue weighted by molar-refractivity contribution is 7.89. The van der Waals surface area contributed by atoms with Gasteiger partial charge in [0.1, 0.15) is 0 Å². The van der Waals surface area contributed by atoms with Crippen molar-refractivity contribution >= 4 is 15.9 Å². The number of benzene rings is 1. The third kappa shape index (κ3) is 4.64. The number of carbonyl (C=O) groups is 1. The summed E-state index contributed by atoms with van der Waals surface area (Å²) in [5.74, 6) is 0.618. The van der Waals surface area contributed by atoms with Crippen LogP contribution in [0.25, 0.3) is 0 Å². The van der Waals surface area contributed by atoms with Crippen LogP contribution < -0.4 is 0 Å². The maximum atomic E-state index is 12.7. The van der Waals surface area contributed by atoms with Gasteiger partial charge in [-0.1, -0.05) is 17.7 Å². The normalized spacial score (nSPS) is 20.3. The fourth-order valence-corrected chi connectivity index (χ4v) is 5.07. The zero-order valence-corrected chi connectivity index (χ0v) is 16.2. The number of piperidine rings is 1. The molecule has 0 spiro atoms. The van der Waals surface area contributed by atoms with Crippen molar-refractivity contribution in [1.29, 1.82) is 0 Å². The lowest BCUT2D eigenvalue weighted by Gasteiger charge is -2.32. The molecule has 0 unspecified atom stereocenters. The van der Waals surface area contributed by atoms with Gasteiger partial charge in [-0.2, -0.15) is 4.31 Å². The van der Waals surface area contributed by atoms with Crippen molar-refractivity contribution in [2.75, 3.05) is 39.4 Å². The Labute approximate surface area is 156 Å². The molecule has 3 rings (SSSR count). The molecule has 6 nitrogen and oxygen atoms in total. The Morgan fingerprint density at radius 1 is 1.08 bits per heavy atom. The summed E-state index contributed by atoms with van der Waals surface area (Å²) in [5, 5.41) is 0. The lowest BCUT2D eigenvalue weighted by molar-refractivity contribution is -0.135. The minimum atomic E-state index is -3.41. The summed E-state index contributed by atoms with van der Waals surface area (Å²) in [6.07, 6.45) is 3.03. The molecule has 144 valence electrons. The highest BCUT2D eigenvalue weighted by Crippen LogP contribution is 2.27. The summed E-state index contributed by atoms with van der Waals surface area (Å²) in [7, 11) is -3.41. The van der Waals surface area contributed by atoms with Crippen LogP contribution in [0.5, 0.6) is 0 Å². The van der Waals surface area contributed by atoms with Gasteiger partial charge < -0.3 is 9.64 Å². The number of hydrogen-bond acceptors (Lipinski definition) is 4. The molecule has 26 heavy (non-hydrogen) atoms. The van der Waals surface area contributed by atoms with E-state index in [0.29, 0.717) is 56.6 Å². The largest absolute Gasteiger partial charge is 0.378 e. The Hall–Kier alpha value is -1.44. The number of nitrogens with zero attached hydrogens (tertiary/aromatic N) is 2. The van der Waals surface area contributed by atoms with Crippen LogP contribution >= 0.6 is 0 Å². The molecule has 1 amide bonds. The molecule has 0 radical (unpaired) electrons. The zero-order valence-electron chi connectivity index (χ0n) is 15.4. The Bertz CT molecular complexity index is 704. The van der Waals surface area contributed by atoms with E-state index in [0.717, 1.165) is 24.8 Å². The van der Waals surface area contributed by atoms with E-state index in [1.54, 1.807) is 16.4 Å². The number of amides is 1. The lowest BCUT2D eigenvalue weighted by atomic mass is 9.93. The zero-order chi connectivity index (χ0) is 18.6. The maximum absolute atomic E-state index is 12.7. The number of morpholine rings is 1. The summed E-state index contributed by atoms with van der Waals surface area (Å²) < 4.78 is 32.3. The number of carbonyl (C=O) groups excluding carboxylic acids is 1. The molecule has 0 saturated carbocycles.